The van der Waals surface area contributed by atoms with E-state index in [4.69, 9.17) is 4.74 Å². The second kappa shape index (κ2) is 8.20. The van der Waals surface area contributed by atoms with Crippen molar-refractivity contribution < 1.29 is 19.7 Å². The van der Waals surface area contributed by atoms with Gasteiger partial charge in [-0.1, -0.05) is 23.8 Å². The number of hydrogen-bond donors (Lipinski definition) is 2. The standard InChI is InChI=1S/C21H22O4/c1-14(2)4-7-16-12-15(6-11-21(16)25-3)5-10-19(23)18-9-8-17(22)13-20(18)24/h4-6,8-13,22,24H,7H2,1-3H3. The molecular formula is C21H22O4. The molecule has 130 valence electrons. The summed E-state index contributed by atoms with van der Waals surface area (Å²) in [5.74, 6) is 0.141. The van der Waals surface area contributed by atoms with E-state index >= 15 is 0 Å². The Morgan fingerprint density at radius 2 is 1.88 bits per heavy atom. The fourth-order valence-electron chi connectivity index (χ4n) is 2.37. The second-order valence-electron chi connectivity index (χ2n) is 5.96. The third-order valence-electron chi connectivity index (χ3n) is 3.71. The van der Waals surface area contributed by atoms with E-state index in [1.807, 2.05) is 32.0 Å². The van der Waals surface area contributed by atoms with Gasteiger partial charge in [0.25, 0.3) is 0 Å². The molecule has 2 rings (SSSR count). The smallest absolute Gasteiger partial charge is 0.189 e. The first-order valence-corrected chi connectivity index (χ1v) is 7.95. The average Bonchev–Trinajstić information content (AvgIpc) is 2.57. The maximum Gasteiger partial charge on any atom is 0.189 e. The van der Waals surface area contributed by atoms with Crippen LogP contribution in [0, 0.1) is 0 Å². The van der Waals surface area contributed by atoms with Gasteiger partial charge < -0.3 is 14.9 Å². The molecule has 0 aliphatic carbocycles. The minimum Gasteiger partial charge on any atom is -0.508 e. The Morgan fingerprint density at radius 1 is 1.12 bits per heavy atom. The summed E-state index contributed by atoms with van der Waals surface area (Å²) in [6.45, 7) is 4.08. The van der Waals surface area contributed by atoms with E-state index < -0.39 is 0 Å². The van der Waals surface area contributed by atoms with E-state index in [-0.39, 0.29) is 22.8 Å². The molecule has 2 aromatic rings. The highest BCUT2D eigenvalue weighted by molar-refractivity contribution is 6.08. The molecule has 0 spiro atoms. The first-order valence-electron chi connectivity index (χ1n) is 7.95. The lowest BCUT2D eigenvalue weighted by Crippen LogP contribution is -1.95. The number of allylic oxidation sites excluding steroid dienone is 3. The lowest BCUT2D eigenvalue weighted by molar-refractivity contribution is 0.104. The lowest BCUT2D eigenvalue weighted by atomic mass is 10.0. The zero-order chi connectivity index (χ0) is 18.4. The van der Waals surface area contributed by atoms with E-state index in [2.05, 4.69) is 6.08 Å². The van der Waals surface area contributed by atoms with Crippen molar-refractivity contribution in [2.24, 2.45) is 0 Å². The number of phenols is 2. The highest BCUT2D eigenvalue weighted by Crippen LogP contribution is 2.24. The molecule has 0 fully saturated rings. The highest BCUT2D eigenvalue weighted by atomic mass is 16.5. The number of phenolic OH excluding ortho intramolecular Hbond substituents is 2. The summed E-state index contributed by atoms with van der Waals surface area (Å²) in [7, 11) is 1.63. The first kappa shape index (κ1) is 18.3. The monoisotopic (exact) mass is 338 g/mol. The van der Waals surface area contributed by atoms with Gasteiger partial charge in [-0.15, -0.1) is 0 Å². The zero-order valence-electron chi connectivity index (χ0n) is 14.6. The predicted molar refractivity (Wildman–Crippen MR) is 99.3 cm³/mol. The molecule has 4 heteroatoms. The third kappa shape index (κ3) is 4.98. The molecule has 0 saturated heterocycles. The number of aromatic hydroxyl groups is 2. The van der Waals surface area contributed by atoms with Crippen molar-refractivity contribution in [2.45, 2.75) is 20.3 Å². The van der Waals surface area contributed by atoms with Gasteiger partial charge in [-0.05, 0) is 61.7 Å². The van der Waals surface area contributed by atoms with Gasteiger partial charge in [0.15, 0.2) is 5.78 Å². The summed E-state index contributed by atoms with van der Waals surface area (Å²) in [6, 6.07) is 9.61. The van der Waals surface area contributed by atoms with Crippen LogP contribution in [0.3, 0.4) is 0 Å². The number of hydrogen-bond acceptors (Lipinski definition) is 4. The van der Waals surface area contributed by atoms with Crippen molar-refractivity contribution in [3.63, 3.8) is 0 Å². The maximum atomic E-state index is 12.2. The predicted octanol–water partition coefficient (Wildman–Crippen LogP) is 4.51. The Balaban J connectivity index is 2.23. The van der Waals surface area contributed by atoms with Gasteiger partial charge in [0.05, 0.1) is 12.7 Å². The molecule has 0 bridgehead atoms. The van der Waals surface area contributed by atoms with Gasteiger partial charge in [-0.3, -0.25) is 4.79 Å². The van der Waals surface area contributed by atoms with E-state index in [1.165, 1.54) is 23.8 Å². The molecule has 0 aromatic heterocycles. The molecule has 2 N–H and O–H groups in total. The van der Waals surface area contributed by atoms with Gasteiger partial charge in [0.2, 0.25) is 0 Å². The van der Waals surface area contributed by atoms with Crippen molar-refractivity contribution in [2.75, 3.05) is 7.11 Å². The first-order chi connectivity index (χ1) is 11.9. The number of carbonyl (C=O) groups excluding carboxylic acids is 1. The number of methoxy groups -OCH3 is 1. The molecule has 0 radical (unpaired) electrons. The molecule has 0 amide bonds. The Bertz CT molecular complexity index is 828. The van der Waals surface area contributed by atoms with Crippen LogP contribution in [0.25, 0.3) is 6.08 Å². The van der Waals surface area contributed by atoms with Crippen molar-refractivity contribution >= 4 is 11.9 Å². The van der Waals surface area contributed by atoms with Crippen molar-refractivity contribution in [3.05, 3.63) is 70.8 Å². The van der Waals surface area contributed by atoms with Crippen LogP contribution < -0.4 is 4.74 Å². The maximum absolute atomic E-state index is 12.2. The van der Waals surface area contributed by atoms with Crippen LogP contribution in [-0.4, -0.2) is 23.1 Å². The molecule has 4 nitrogen and oxygen atoms in total. The summed E-state index contributed by atoms with van der Waals surface area (Å²) in [4.78, 5) is 12.2. The minimum atomic E-state index is -0.334. The fourth-order valence-corrected chi connectivity index (χ4v) is 2.37. The van der Waals surface area contributed by atoms with Gasteiger partial charge in [0.1, 0.15) is 17.2 Å². The molecule has 0 aliphatic rings. The van der Waals surface area contributed by atoms with Crippen molar-refractivity contribution in [1.82, 2.24) is 0 Å². The van der Waals surface area contributed by atoms with Crippen LogP contribution >= 0.6 is 0 Å². The summed E-state index contributed by atoms with van der Waals surface area (Å²) in [5, 5.41) is 19.0. The van der Waals surface area contributed by atoms with E-state index in [1.54, 1.807) is 13.2 Å². The SMILES string of the molecule is COc1ccc(C=CC(=O)c2ccc(O)cc2O)cc1CC=C(C)C. The normalized spacial score (nSPS) is 10.7. The third-order valence-corrected chi connectivity index (χ3v) is 3.71. The second-order valence-corrected chi connectivity index (χ2v) is 5.96. The van der Waals surface area contributed by atoms with Gasteiger partial charge >= 0.3 is 0 Å². The summed E-state index contributed by atoms with van der Waals surface area (Å²) >= 11 is 0. The van der Waals surface area contributed by atoms with Crippen LogP contribution in [-0.2, 0) is 6.42 Å². The molecule has 0 unspecified atom stereocenters. The van der Waals surface area contributed by atoms with Crippen LogP contribution in [0.5, 0.6) is 17.2 Å². The minimum absolute atomic E-state index is 0.0860. The quantitative estimate of drug-likeness (QED) is 0.462. The number of ketones is 1. The lowest BCUT2D eigenvalue weighted by Gasteiger charge is -2.08. The van der Waals surface area contributed by atoms with Crippen LogP contribution in [0.4, 0.5) is 0 Å². The molecule has 0 aliphatic heterocycles. The fraction of sp³-hybridized carbons (Fsp3) is 0.190. The van der Waals surface area contributed by atoms with E-state index in [0.29, 0.717) is 0 Å². The largest absolute Gasteiger partial charge is 0.508 e. The van der Waals surface area contributed by atoms with Gasteiger partial charge in [0, 0.05) is 6.07 Å². The molecule has 0 heterocycles. The van der Waals surface area contributed by atoms with E-state index in [0.717, 1.165) is 29.4 Å². The molecule has 2 aromatic carbocycles. The Labute approximate surface area is 147 Å². The summed E-state index contributed by atoms with van der Waals surface area (Å²) in [5.41, 5.74) is 3.27. The van der Waals surface area contributed by atoms with Gasteiger partial charge in [-0.25, -0.2) is 0 Å². The Hall–Kier alpha value is -3.01. The van der Waals surface area contributed by atoms with Crippen molar-refractivity contribution in [3.8, 4) is 17.2 Å². The molecular weight excluding hydrogens is 316 g/mol. The number of benzene rings is 2. The molecule has 25 heavy (non-hydrogen) atoms. The van der Waals surface area contributed by atoms with Crippen LogP contribution in [0.1, 0.15) is 35.3 Å². The molecule has 0 saturated carbocycles. The Morgan fingerprint density at radius 3 is 2.52 bits per heavy atom. The van der Waals surface area contributed by atoms with Crippen LogP contribution in [0.15, 0.2) is 54.1 Å². The highest BCUT2D eigenvalue weighted by Gasteiger charge is 2.09. The summed E-state index contributed by atoms with van der Waals surface area (Å²) in [6.07, 6.45) is 5.96. The Kier molecular flexibility index (Phi) is 6.01. The molecule has 0 atom stereocenters. The summed E-state index contributed by atoms with van der Waals surface area (Å²) < 4.78 is 5.38. The topological polar surface area (TPSA) is 66.8 Å². The number of carbonyl (C=O) groups is 1. The average molecular weight is 338 g/mol. The number of ether oxygens (including phenoxy) is 1. The van der Waals surface area contributed by atoms with Crippen LogP contribution in [0.2, 0.25) is 0 Å². The van der Waals surface area contributed by atoms with Gasteiger partial charge in [-0.2, -0.15) is 0 Å². The van der Waals surface area contributed by atoms with Crippen molar-refractivity contribution in [1.29, 1.82) is 0 Å². The van der Waals surface area contributed by atoms with E-state index in [9.17, 15) is 15.0 Å². The number of rotatable bonds is 6. The zero-order valence-corrected chi connectivity index (χ0v) is 14.6.